The van der Waals surface area contributed by atoms with E-state index in [2.05, 4.69) is 0 Å². The lowest BCUT2D eigenvalue weighted by Crippen LogP contribution is -2.39. The highest BCUT2D eigenvalue weighted by Crippen LogP contribution is 2.03. The van der Waals surface area contributed by atoms with Gasteiger partial charge in [-0.05, 0) is 12.8 Å². The third-order valence-electron chi connectivity index (χ3n) is 1.34. The van der Waals surface area contributed by atoms with Crippen molar-refractivity contribution >= 4 is 0 Å². The Labute approximate surface area is 60.7 Å². The summed E-state index contributed by atoms with van der Waals surface area (Å²) in [5.41, 5.74) is 0. The van der Waals surface area contributed by atoms with Crippen LogP contribution in [0.2, 0.25) is 0 Å². The maximum absolute atomic E-state index is 8.94. The largest absolute Gasteiger partial charge is 0.376 e. The van der Waals surface area contributed by atoms with Crippen LogP contribution < -0.4 is 0 Å². The van der Waals surface area contributed by atoms with Crippen LogP contribution in [0.25, 0.3) is 0 Å². The highest BCUT2D eigenvalue weighted by Gasteiger charge is 2.17. The van der Waals surface area contributed by atoms with Gasteiger partial charge in [-0.15, -0.1) is 5.06 Å². The Balaban J connectivity index is 3.69. The van der Waals surface area contributed by atoms with Crippen molar-refractivity contribution in [1.29, 1.82) is 0 Å². The number of hydrogen-bond acceptors (Lipinski definition) is 4. The molecule has 0 heterocycles. The Kier molecular flexibility index (Phi) is 4.55. The number of nitrogens with zero attached hydrogens (tertiary/aromatic N) is 1. The lowest BCUT2D eigenvalue weighted by molar-refractivity contribution is -0.269. The first-order chi connectivity index (χ1) is 4.63. The van der Waals surface area contributed by atoms with E-state index in [1.807, 2.05) is 0 Å². The van der Waals surface area contributed by atoms with E-state index >= 15 is 0 Å². The Morgan fingerprint density at radius 2 is 1.40 bits per heavy atom. The molecule has 2 atom stereocenters. The molecule has 62 valence electrons. The van der Waals surface area contributed by atoms with Crippen LogP contribution in [0.1, 0.15) is 26.7 Å². The summed E-state index contributed by atoms with van der Waals surface area (Å²) in [6, 6.07) is 0. The van der Waals surface area contributed by atoms with E-state index in [-0.39, 0.29) is 0 Å². The maximum atomic E-state index is 8.94. The molecule has 0 fully saturated rings. The molecule has 0 aromatic rings. The minimum Gasteiger partial charge on any atom is -0.376 e. The summed E-state index contributed by atoms with van der Waals surface area (Å²) in [6.07, 6.45) is -1.13. The molecule has 0 saturated heterocycles. The SMILES string of the molecule is CCC(O)N(O)C(O)CC. The molecular weight excluding hydrogens is 134 g/mol. The minimum atomic E-state index is -0.963. The van der Waals surface area contributed by atoms with Crippen LogP contribution in [-0.2, 0) is 0 Å². The smallest absolute Gasteiger partial charge is 0.132 e. The van der Waals surface area contributed by atoms with Crippen molar-refractivity contribution in [3.05, 3.63) is 0 Å². The summed E-state index contributed by atoms with van der Waals surface area (Å²) in [6.45, 7) is 3.44. The Morgan fingerprint density at radius 1 is 1.10 bits per heavy atom. The second-order valence-corrected chi connectivity index (χ2v) is 2.16. The first-order valence-electron chi connectivity index (χ1n) is 3.46. The molecule has 0 aromatic heterocycles. The predicted molar refractivity (Wildman–Crippen MR) is 36.2 cm³/mol. The van der Waals surface area contributed by atoms with Crippen LogP contribution in [0.5, 0.6) is 0 Å². The van der Waals surface area contributed by atoms with Gasteiger partial charge in [0.2, 0.25) is 0 Å². The summed E-state index contributed by atoms with van der Waals surface area (Å²) >= 11 is 0. The summed E-state index contributed by atoms with van der Waals surface area (Å²) in [5, 5.41) is 27.4. The lowest BCUT2D eigenvalue weighted by Gasteiger charge is -2.24. The van der Waals surface area contributed by atoms with Gasteiger partial charge in [0.15, 0.2) is 0 Å². The molecule has 0 aromatic carbocycles. The zero-order chi connectivity index (χ0) is 8.15. The molecule has 0 bridgehead atoms. The zero-order valence-electron chi connectivity index (χ0n) is 6.36. The lowest BCUT2D eigenvalue weighted by atomic mass is 10.3. The second-order valence-electron chi connectivity index (χ2n) is 2.16. The van der Waals surface area contributed by atoms with Gasteiger partial charge in [0.1, 0.15) is 12.5 Å². The van der Waals surface area contributed by atoms with Gasteiger partial charge in [0.25, 0.3) is 0 Å². The Morgan fingerprint density at radius 3 is 1.60 bits per heavy atom. The number of hydrogen-bond donors (Lipinski definition) is 3. The molecule has 0 rings (SSSR count). The molecule has 0 aliphatic heterocycles. The van der Waals surface area contributed by atoms with E-state index in [1.165, 1.54) is 0 Å². The topological polar surface area (TPSA) is 63.9 Å². The van der Waals surface area contributed by atoms with Gasteiger partial charge in [-0.3, -0.25) is 0 Å². The number of aliphatic hydroxyl groups is 2. The second kappa shape index (κ2) is 4.62. The van der Waals surface area contributed by atoms with E-state index in [9.17, 15) is 0 Å². The van der Waals surface area contributed by atoms with Crippen LogP contribution in [0.3, 0.4) is 0 Å². The van der Waals surface area contributed by atoms with Gasteiger partial charge in [-0.1, -0.05) is 13.8 Å². The van der Waals surface area contributed by atoms with Crippen molar-refractivity contribution in [3.63, 3.8) is 0 Å². The van der Waals surface area contributed by atoms with Gasteiger partial charge in [-0.2, -0.15) is 0 Å². The minimum absolute atomic E-state index is 0.396. The molecule has 0 spiro atoms. The van der Waals surface area contributed by atoms with E-state index in [0.717, 1.165) is 0 Å². The molecule has 0 saturated carbocycles. The van der Waals surface area contributed by atoms with Crippen LogP contribution in [0, 0.1) is 0 Å². The van der Waals surface area contributed by atoms with E-state index in [0.29, 0.717) is 17.9 Å². The van der Waals surface area contributed by atoms with Crippen molar-refractivity contribution in [1.82, 2.24) is 5.06 Å². The highest BCUT2D eigenvalue weighted by molar-refractivity contribution is 4.51. The average molecular weight is 149 g/mol. The third kappa shape index (κ3) is 2.62. The van der Waals surface area contributed by atoms with Gasteiger partial charge in [-0.25, -0.2) is 0 Å². The van der Waals surface area contributed by atoms with Crippen molar-refractivity contribution in [2.45, 2.75) is 39.1 Å². The van der Waals surface area contributed by atoms with Crippen molar-refractivity contribution < 1.29 is 15.4 Å². The first-order valence-corrected chi connectivity index (χ1v) is 3.46. The normalized spacial score (nSPS) is 17.4. The third-order valence-corrected chi connectivity index (χ3v) is 1.34. The summed E-state index contributed by atoms with van der Waals surface area (Å²) in [5.74, 6) is 0. The predicted octanol–water partition coefficient (Wildman–Crippen LogP) is 0.134. The standard InChI is InChI=1S/C6H15NO3/c1-3-5(8)7(10)6(9)4-2/h5-6,8-10H,3-4H2,1-2H3. The molecular formula is C6H15NO3. The van der Waals surface area contributed by atoms with Crippen molar-refractivity contribution in [2.24, 2.45) is 0 Å². The van der Waals surface area contributed by atoms with E-state index in [1.54, 1.807) is 13.8 Å². The first kappa shape index (κ1) is 9.84. The Hall–Kier alpha value is -0.160. The average Bonchev–Trinajstić information content (AvgIpc) is 2.00. The molecule has 0 radical (unpaired) electrons. The summed E-state index contributed by atoms with van der Waals surface area (Å²) in [4.78, 5) is 0. The van der Waals surface area contributed by atoms with Gasteiger partial charge in [0.05, 0.1) is 0 Å². The molecule has 0 aliphatic rings. The fourth-order valence-electron chi connectivity index (χ4n) is 0.573. The monoisotopic (exact) mass is 149 g/mol. The van der Waals surface area contributed by atoms with Crippen LogP contribution in [0.4, 0.5) is 0 Å². The quantitative estimate of drug-likeness (QED) is 0.393. The summed E-state index contributed by atoms with van der Waals surface area (Å²) in [7, 11) is 0. The molecule has 4 heteroatoms. The summed E-state index contributed by atoms with van der Waals surface area (Å²) < 4.78 is 0. The Bertz CT molecular complexity index is 79.1. The van der Waals surface area contributed by atoms with Crippen LogP contribution >= 0.6 is 0 Å². The van der Waals surface area contributed by atoms with Crippen LogP contribution in [0.15, 0.2) is 0 Å². The van der Waals surface area contributed by atoms with E-state index < -0.39 is 12.5 Å². The fraction of sp³-hybridized carbons (Fsp3) is 1.00. The molecule has 3 N–H and O–H groups in total. The van der Waals surface area contributed by atoms with E-state index in [4.69, 9.17) is 15.4 Å². The van der Waals surface area contributed by atoms with Crippen molar-refractivity contribution in [3.8, 4) is 0 Å². The molecule has 0 aliphatic carbocycles. The van der Waals surface area contributed by atoms with Crippen molar-refractivity contribution in [2.75, 3.05) is 0 Å². The van der Waals surface area contributed by atoms with Gasteiger partial charge >= 0.3 is 0 Å². The molecule has 2 unspecified atom stereocenters. The number of aliphatic hydroxyl groups excluding tert-OH is 2. The van der Waals surface area contributed by atoms with Crippen LogP contribution in [-0.4, -0.2) is 32.9 Å². The van der Waals surface area contributed by atoms with Gasteiger partial charge in [0, 0.05) is 0 Å². The zero-order valence-corrected chi connectivity index (χ0v) is 6.36. The number of hydroxylamine groups is 2. The number of rotatable bonds is 4. The molecule has 10 heavy (non-hydrogen) atoms. The highest BCUT2D eigenvalue weighted by atomic mass is 16.6. The van der Waals surface area contributed by atoms with Gasteiger partial charge < -0.3 is 15.4 Å². The fourth-order valence-corrected chi connectivity index (χ4v) is 0.573. The molecule has 0 amide bonds. The maximum Gasteiger partial charge on any atom is 0.132 e. The molecule has 4 nitrogen and oxygen atoms in total.